The number of hydrogen-bond acceptors (Lipinski definition) is 6. The van der Waals surface area contributed by atoms with Crippen molar-refractivity contribution in [3.8, 4) is 0 Å². The van der Waals surface area contributed by atoms with E-state index in [1.807, 2.05) is 4.72 Å². The second kappa shape index (κ2) is 5.58. The van der Waals surface area contributed by atoms with Crippen molar-refractivity contribution in [3.05, 3.63) is 46.7 Å². The van der Waals surface area contributed by atoms with Crippen LogP contribution in [0, 0.1) is 0 Å². The van der Waals surface area contributed by atoms with E-state index < -0.39 is 25.8 Å². The fraction of sp³-hybridized carbons (Fsp3) is 0.0833. The Bertz CT molecular complexity index is 867. The lowest BCUT2D eigenvalue weighted by Crippen LogP contribution is -2.30. The molecular formula is C12H11NO5S3. The number of thiophene rings is 1. The Labute approximate surface area is 126 Å². The number of amides is 1. The van der Waals surface area contributed by atoms with Crippen LogP contribution in [-0.4, -0.2) is 29.0 Å². The fourth-order valence-corrected chi connectivity index (χ4v) is 3.95. The zero-order chi connectivity index (χ0) is 15.7. The molecule has 0 atom stereocenters. The minimum atomic E-state index is -4.13. The van der Waals surface area contributed by atoms with Crippen LogP contribution >= 0.6 is 11.3 Å². The Kier molecular flexibility index (Phi) is 4.17. The molecule has 2 rings (SSSR count). The molecule has 0 aliphatic rings. The molecule has 1 aromatic carbocycles. The van der Waals surface area contributed by atoms with Gasteiger partial charge in [0, 0.05) is 6.26 Å². The molecule has 1 amide bonds. The summed E-state index contributed by atoms with van der Waals surface area (Å²) in [5.41, 5.74) is 0. The third-order valence-corrected chi connectivity index (χ3v) is 5.82. The van der Waals surface area contributed by atoms with Crippen molar-refractivity contribution in [2.75, 3.05) is 6.26 Å². The average molecular weight is 345 g/mol. The lowest BCUT2D eigenvalue weighted by atomic mass is 10.4. The number of hydrogen-bond donors (Lipinski definition) is 1. The Balaban J connectivity index is 2.34. The number of carbonyl (C=O) groups excluding carboxylic acids is 1. The number of sulfone groups is 1. The first-order chi connectivity index (χ1) is 9.70. The van der Waals surface area contributed by atoms with E-state index in [4.69, 9.17) is 0 Å². The molecule has 0 radical (unpaired) electrons. The molecule has 21 heavy (non-hydrogen) atoms. The van der Waals surface area contributed by atoms with Gasteiger partial charge in [-0.15, -0.1) is 11.3 Å². The van der Waals surface area contributed by atoms with Gasteiger partial charge >= 0.3 is 0 Å². The second-order valence-electron chi connectivity index (χ2n) is 4.16. The van der Waals surface area contributed by atoms with Crippen LogP contribution in [0.15, 0.2) is 51.6 Å². The van der Waals surface area contributed by atoms with Gasteiger partial charge in [0.1, 0.15) is 0 Å². The molecular weight excluding hydrogens is 334 g/mol. The third kappa shape index (κ3) is 3.69. The van der Waals surface area contributed by atoms with Gasteiger partial charge in [-0.05, 0) is 29.6 Å². The summed E-state index contributed by atoms with van der Waals surface area (Å²) in [6.07, 6.45) is 0.975. The van der Waals surface area contributed by atoms with Gasteiger partial charge in [-0.2, -0.15) is 0 Å². The topological polar surface area (TPSA) is 97.4 Å². The van der Waals surface area contributed by atoms with E-state index in [1.165, 1.54) is 24.3 Å². The molecule has 1 heterocycles. The largest absolute Gasteiger partial charge is 0.275 e. The van der Waals surface area contributed by atoms with Crippen molar-refractivity contribution in [1.29, 1.82) is 0 Å². The average Bonchev–Trinajstić information content (AvgIpc) is 2.91. The summed E-state index contributed by atoms with van der Waals surface area (Å²) < 4.78 is 49.0. The van der Waals surface area contributed by atoms with E-state index >= 15 is 0 Å². The molecule has 2 aromatic rings. The van der Waals surface area contributed by atoms with Gasteiger partial charge in [0.25, 0.3) is 15.9 Å². The molecule has 0 aliphatic heterocycles. The van der Waals surface area contributed by atoms with Crippen LogP contribution < -0.4 is 4.72 Å². The second-order valence-corrected chi connectivity index (χ2v) is 8.80. The normalized spacial score (nSPS) is 12.0. The maximum atomic E-state index is 12.1. The third-order valence-electron chi connectivity index (χ3n) is 2.52. The summed E-state index contributed by atoms with van der Waals surface area (Å²) in [5.74, 6) is -0.755. The highest BCUT2D eigenvalue weighted by atomic mass is 32.2. The van der Waals surface area contributed by atoms with E-state index in [0.717, 1.165) is 23.7 Å². The molecule has 9 heteroatoms. The number of benzene rings is 1. The summed E-state index contributed by atoms with van der Waals surface area (Å²) in [4.78, 5) is 11.6. The first-order valence-corrected chi connectivity index (χ1v) is 9.86. The minimum absolute atomic E-state index is 0.131. The predicted molar refractivity (Wildman–Crippen MR) is 78.5 cm³/mol. The lowest BCUT2D eigenvalue weighted by Gasteiger charge is -2.07. The van der Waals surface area contributed by atoms with Gasteiger partial charge in [0.05, 0.1) is 14.7 Å². The quantitative estimate of drug-likeness (QED) is 0.900. The van der Waals surface area contributed by atoms with Crippen LogP contribution in [-0.2, 0) is 19.9 Å². The number of nitrogens with one attached hydrogen (secondary N) is 1. The molecule has 0 fully saturated rings. The maximum Gasteiger partial charge on any atom is 0.275 e. The fourth-order valence-electron chi connectivity index (χ4n) is 1.51. The maximum absolute atomic E-state index is 12.1. The summed E-state index contributed by atoms with van der Waals surface area (Å²) in [5, 5.41) is 1.64. The van der Waals surface area contributed by atoms with Crippen LogP contribution in [0.25, 0.3) is 0 Å². The van der Waals surface area contributed by atoms with Gasteiger partial charge in [-0.1, -0.05) is 12.1 Å². The molecule has 6 nitrogen and oxygen atoms in total. The molecule has 0 aliphatic carbocycles. The number of carbonyl (C=O) groups is 1. The highest BCUT2D eigenvalue weighted by Crippen LogP contribution is 2.16. The molecule has 1 aromatic heterocycles. The predicted octanol–water partition coefficient (Wildman–Crippen LogP) is 1.27. The van der Waals surface area contributed by atoms with Gasteiger partial charge in [-0.25, -0.2) is 21.6 Å². The van der Waals surface area contributed by atoms with Crippen LogP contribution in [0.4, 0.5) is 0 Å². The van der Waals surface area contributed by atoms with E-state index in [9.17, 15) is 21.6 Å². The summed E-state index contributed by atoms with van der Waals surface area (Å²) >= 11 is 1.10. The summed E-state index contributed by atoms with van der Waals surface area (Å²) in [6, 6.07) is 7.94. The molecule has 0 saturated carbocycles. The van der Waals surface area contributed by atoms with Gasteiger partial charge in [0.15, 0.2) is 9.84 Å². The molecule has 112 valence electrons. The molecule has 0 saturated heterocycles. The highest BCUT2D eigenvalue weighted by molar-refractivity contribution is 7.91. The minimum Gasteiger partial charge on any atom is -0.267 e. The number of rotatable bonds is 4. The molecule has 1 N–H and O–H groups in total. The van der Waals surface area contributed by atoms with Crippen molar-refractivity contribution in [1.82, 2.24) is 4.72 Å². The van der Waals surface area contributed by atoms with E-state index in [-0.39, 0.29) is 14.7 Å². The summed E-state index contributed by atoms with van der Waals surface area (Å²) in [6.45, 7) is 0. The van der Waals surface area contributed by atoms with Crippen LogP contribution in [0.2, 0.25) is 0 Å². The molecule has 0 bridgehead atoms. The lowest BCUT2D eigenvalue weighted by molar-refractivity contribution is 0.0985. The van der Waals surface area contributed by atoms with E-state index in [2.05, 4.69) is 0 Å². The van der Waals surface area contributed by atoms with Crippen molar-refractivity contribution < 1.29 is 21.6 Å². The van der Waals surface area contributed by atoms with Gasteiger partial charge in [-0.3, -0.25) is 4.79 Å². The standard InChI is InChI=1S/C12H11NO5S3/c1-20(15,16)9-4-2-5-10(8-9)21(17,18)13-12(14)11-6-3-7-19-11/h2-8H,1H3,(H,13,14). The first kappa shape index (κ1) is 15.7. The van der Waals surface area contributed by atoms with Crippen LogP contribution in [0.5, 0.6) is 0 Å². The Morgan fingerprint density at radius 1 is 1.05 bits per heavy atom. The Morgan fingerprint density at radius 3 is 2.29 bits per heavy atom. The van der Waals surface area contributed by atoms with E-state index in [0.29, 0.717) is 0 Å². The Morgan fingerprint density at radius 2 is 1.71 bits per heavy atom. The monoisotopic (exact) mass is 345 g/mol. The van der Waals surface area contributed by atoms with Crippen LogP contribution in [0.3, 0.4) is 0 Å². The molecule has 0 spiro atoms. The van der Waals surface area contributed by atoms with Gasteiger partial charge < -0.3 is 0 Å². The highest BCUT2D eigenvalue weighted by Gasteiger charge is 2.20. The molecule has 0 unspecified atom stereocenters. The van der Waals surface area contributed by atoms with Crippen molar-refractivity contribution in [3.63, 3.8) is 0 Å². The van der Waals surface area contributed by atoms with Crippen molar-refractivity contribution in [2.24, 2.45) is 0 Å². The number of sulfonamides is 1. The van der Waals surface area contributed by atoms with Gasteiger partial charge in [0.2, 0.25) is 0 Å². The SMILES string of the molecule is CS(=O)(=O)c1cccc(S(=O)(=O)NC(=O)c2cccs2)c1. The first-order valence-electron chi connectivity index (χ1n) is 5.61. The van der Waals surface area contributed by atoms with Crippen LogP contribution in [0.1, 0.15) is 9.67 Å². The smallest absolute Gasteiger partial charge is 0.267 e. The Hall–Kier alpha value is -1.71. The zero-order valence-electron chi connectivity index (χ0n) is 10.8. The zero-order valence-corrected chi connectivity index (χ0v) is 13.3. The van der Waals surface area contributed by atoms with Crippen molar-refractivity contribution >= 4 is 37.1 Å². The summed E-state index contributed by atoms with van der Waals surface area (Å²) in [7, 11) is -7.66. The van der Waals surface area contributed by atoms with E-state index in [1.54, 1.807) is 11.4 Å². The van der Waals surface area contributed by atoms with Crippen molar-refractivity contribution in [2.45, 2.75) is 9.79 Å².